The first-order valence-corrected chi connectivity index (χ1v) is 7.40. The molecule has 0 aliphatic rings. The average Bonchev–Trinajstić information content (AvgIpc) is 2.35. The van der Waals surface area contributed by atoms with E-state index in [9.17, 15) is 8.42 Å². The van der Waals surface area contributed by atoms with Gasteiger partial charge in [-0.3, -0.25) is 0 Å². The van der Waals surface area contributed by atoms with Gasteiger partial charge >= 0.3 is 0 Å². The largest absolute Gasteiger partial charge is 0.497 e. The molecular formula is C12H19NO4S. The smallest absolute Gasteiger partial charge is 0.180 e. The lowest BCUT2D eigenvalue weighted by atomic mass is 10.3. The zero-order valence-electron chi connectivity index (χ0n) is 10.7. The van der Waals surface area contributed by atoms with Crippen molar-refractivity contribution in [2.75, 3.05) is 31.8 Å². The Morgan fingerprint density at radius 1 is 1.33 bits per heavy atom. The third kappa shape index (κ3) is 3.89. The molecule has 2 N–H and O–H groups in total. The molecule has 0 aliphatic carbocycles. The maximum Gasteiger partial charge on any atom is 0.180 e. The summed E-state index contributed by atoms with van der Waals surface area (Å²) in [5, 5.41) is 0. The Bertz CT molecular complexity index is 485. The third-order valence-electron chi connectivity index (χ3n) is 2.46. The van der Waals surface area contributed by atoms with Crippen LogP contribution in [0, 0.1) is 0 Å². The molecular weight excluding hydrogens is 254 g/mol. The van der Waals surface area contributed by atoms with Gasteiger partial charge in [-0.2, -0.15) is 0 Å². The summed E-state index contributed by atoms with van der Waals surface area (Å²) in [5.41, 5.74) is 5.94. The van der Waals surface area contributed by atoms with Gasteiger partial charge in [0.2, 0.25) is 0 Å². The molecule has 1 aromatic carbocycles. The van der Waals surface area contributed by atoms with E-state index < -0.39 is 9.84 Å². The molecule has 5 nitrogen and oxygen atoms in total. The summed E-state index contributed by atoms with van der Waals surface area (Å²) in [6.07, 6.45) is 0.451. The third-order valence-corrected chi connectivity index (χ3v) is 4.31. The van der Waals surface area contributed by atoms with Crippen LogP contribution in [0.1, 0.15) is 13.3 Å². The van der Waals surface area contributed by atoms with Gasteiger partial charge in [0.05, 0.1) is 23.4 Å². The molecule has 0 fully saturated rings. The van der Waals surface area contributed by atoms with Gasteiger partial charge < -0.3 is 15.2 Å². The summed E-state index contributed by atoms with van der Waals surface area (Å²) in [7, 11) is -1.91. The Kier molecular flexibility index (Phi) is 5.43. The van der Waals surface area contributed by atoms with Crippen molar-refractivity contribution < 1.29 is 17.9 Å². The van der Waals surface area contributed by atoms with Gasteiger partial charge in [-0.05, 0) is 25.5 Å². The van der Waals surface area contributed by atoms with E-state index in [1.54, 1.807) is 6.07 Å². The standard InChI is InChI=1S/C12H19NO4S/c1-3-17-7-4-8-18(14,15)12-9-10(16-2)5-6-11(12)13/h5-6,9H,3-4,7-8,13H2,1-2H3. The predicted molar refractivity (Wildman–Crippen MR) is 70.6 cm³/mol. The van der Waals surface area contributed by atoms with Crippen LogP contribution in [-0.2, 0) is 14.6 Å². The molecule has 0 saturated carbocycles. The molecule has 0 aliphatic heterocycles. The highest BCUT2D eigenvalue weighted by molar-refractivity contribution is 7.91. The quantitative estimate of drug-likeness (QED) is 0.601. The predicted octanol–water partition coefficient (Wildman–Crippen LogP) is 1.48. The zero-order valence-corrected chi connectivity index (χ0v) is 11.5. The van der Waals surface area contributed by atoms with Crippen LogP contribution in [-0.4, -0.2) is 34.5 Å². The minimum Gasteiger partial charge on any atom is -0.497 e. The van der Waals surface area contributed by atoms with E-state index in [1.807, 2.05) is 6.92 Å². The minimum atomic E-state index is -3.39. The molecule has 0 radical (unpaired) electrons. The second-order valence-electron chi connectivity index (χ2n) is 3.77. The Hall–Kier alpha value is -1.27. The lowest BCUT2D eigenvalue weighted by molar-refractivity contribution is 0.148. The molecule has 1 aromatic rings. The number of sulfone groups is 1. The summed E-state index contributed by atoms with van der Waals surface area (Å²) in [5.74, 6) is 0.497. The van der Waals surface area contributed by atoms with Crippen LogP contribution >= 0.6 is 0 Å². The van der Waals surface area contributed by atoms with E-state index in [0.717, 1.165) is 0 Å². The van der Waals surface area contributed by atoms with Gasteiger partial charge in [0.25, 0.3) is 0 Å². The number of benzene rings is 1. The molecule has 0 aromatic heterocycles. The normalized spacial score (nSPS) is 11.4. The van der Waals surface area contributed by atoms with E-state index in [0.29, 0.717) is 25.4 Å². The first-order chi connectivity index (χ1) is 8.51. The number of rotatable bonds is 7. The summed E-state index contributed by atoms with van der Waals surface area (Å²) in [4.78, 5) is 0.123. The monoisotopic (exact) mass is 273 g/mol. The Labute approximate surface area is 108 Å². The molecule has 0 spiro atoms. The van der Waals surface area contributed by atoms with E-state index in [-0.39, 0.29) is 16.3 Å². The number of hydrogen-bond acceptors (Lipinski definition) is 5. The summed E-state index contributed by atoms with van der Waals surface area (Å²) >= 11 is 0. The molecule has 0 heterocycles. The van der Waals surface area contributed by atoms with E-state index >= 15 is 0 Å². The maximum absolute atomic E-state index is 12.1. The topological polar surface area (TPSA) is 78.6 Å². The highest BCUT2D eigenvalue weighted by atomic mass is 32.2. The molecule has 102 valence electrons. The fourth-order valence-corrected chi connectivity index (χ4v) is 2.96. The van der Waals surface area contributed by atoms with Crippen LogP contribution in [0.25, 0.3) is 0 Å². The molecule has 0 atom stereocenters. The zero-order chi connectivity index (χ0) is 13.6. The maximum atomic E-state index is 12.1. The molecule has 0 saturated heterocycles. The Morgan fingerprint density at radius 2 is 2.06 bits per heavy atom. The number of anilines is 1. The molecule has 6 heteroatoms. The van der Waals surface area contributed by atoms with Crippen LogP contribution in [0.5, 0.6) is 5.75 Å². The fourth-order valence-electron chi connectivity index (χ4n) is 1.52. The van der Waals surface area contributed by atoms with E-state index in [1.165, 1.54) is 19.2 Å². The van der Waals surface area contributed by atoms with Gasteiger partial charge in [-0.1, -0.05) is 0 Å². The number of methoxy groups -OCH3 is 1. The van der Waals surface area contributed by atoms with Crippen molar-refractivity contribution in [3.8, 4) is 5.75 Å². The van der Waals surface area contributed by atoms with Crippen LogP contribution in [0.3, 0.4) is 0 Å². The van der Waals surface area contributed by atoms with Crippen molar-refractivity contribution in [3.05, 3.63) is 18.2 Å². The van der Waals surface area contributed by atoms with Crippen molar-refractivity contribution >= 4 is 15.5 Å². The second-order valence-corrected chi connectivity index (χ2v) is 5.85. The van der Waals surface area contributed by atoms with Gasteiger partial charge in [0, 0.05) is 19.3 Å². The number of nitrogen functional groups attached to an aromatic ring is 1. The number of ether oxygens (including phenoxy) is 2. The van der Waals surface area contributed by atoms with Gasteiger partial charge in [0.15, 0.2) is 9.84 Å². The molecule has 0 unspecified atom stereocenters. The molecule has 18 heavy (non-hydrogen) atoms. The Morgan fingerprint density at radius 3 is 2.67 bits per heavy atom. The first kappa shape index (κ1) is 14.8. The van der Waals surface area contributed by atoms with E-state index in [2.05, 4.69) is 0 Å². The summed E-state index contributed by atoms with van der Waals surface area (Å²) < 4.78 is 34.3. The van der Waals surface area contributed by atoms with Crippen LogP contribution < -0.4 is 10.5 Å². The Balaban J connectivity index is 2.83. The van der Waals surface area contributed by atoms with Crippen molar-refractivity contribution in [1.29, 1.82) is 0 Å². The van der Waals surface area contributed by atoms with Crippen molar-refractivity contribution in [1.82, 2.24) is 0 Å². The number of nitrogens with two attached hydrogens (primary N) is 1. The van der Waals surface area contributed by atoms with Crippen molar-refractivity contribution in [2.24, 2.45) is 0 Å². The first-order valence-electron chi connectivity index (χ1n) is 5.75. The highest BCUT2D eigenvalue weighted by Gasteiger charge is 2.18. The molecule has 0 amide bonds. The lowest BCUT2D eigenvalue weighted by Crippen LogP contribution is -2.11. The summed E-state index contributed by atoms with van der Waals surface area (Å²) in [6, 6.07) is 4.62. The average molecular weight is 273 g/mol. The fraction of sp³-hybridized carbons (Fsp3) is 0.500. The summed E-state index contributed by atoms with van der Waals surface area (Å²) in [6.45, 7) is 2.88. The van der Waals surface area contributed by atoms with Gasteiger partial charge in [0.1, 0.15) is 5.75 Å². The minimum absolute atomic E-state index is 0.0182. The van der Waals surface area contributed by atoms with Crippen molar-refractivity contribution in [3.63, 3.8) is 0 Å². The number of hydrogen-bond donors (Lipinski definition) is 1. The second kappa shape index (κ2) is 6.61. The molecule has 0 bridgehead atoms. The van der Waals surface area contributed by atoms with Crippen LogP contribution in [0.15, 0.2) is 23.1 Å². The van der Waals surface area contributed by atoms with Crippen LogP contribution in [0.4, 0.5) is 5.69 Å². The van der Waals surface area contributed by atoms with Crippen molar-refractivity contribution in [2.45, 2.75) is 18.2 Å². The molecule has 1 rings (SSSR count). The van der Waals surface area contributed by atoms with E-state index in [4.69, 9.17) is 15.2 Å². The SMILES string of the molecule is CCOCCCS(=O)(=O)c1cc(OC)ccc1N. The lowest BCUT2D eigenvalue weighted by Gasteiger charge is -2.09. The van der Waals surface area contributed by atoms with Gasteiger partial charge in [-0.15, -0.1) is 0 Å². The van der Waals surface area contributed by atoms with Gasteiger partial charge in [-0.25, -0.2) is 8.42 Å². The van der Waals surface area contributed by atoms with Crippen LogP contribution in [0.2, 0.25) is 0 Å². The highest BCUT2D eigenvalue weighted by Crippen LogP contribution is 2.25.